The summed E-state index contributed by atoms with van der Waals surface area (Å²) in [4.78, 5) is 26.6. The van der Waals surface area contributed by atoms with Crippen LogP contribution in [0.25, 0.3) is 10.8 Å². The van der Waals surface area contributed by atoms with E-state index in [4.69, 9.17) is 0 Å². The van der Waals surface area contributed by atoms with Crippen molar-refractivity contribution in [3.05, 3.63) is 57.8 Å². The summed E-state index contributed by atoms with van der Waals surface area (Å²) in [7, 11) is 1.77. The minimum atomic E-state index is -0.469. The molecule has 1 unspecified atom stereocenters. The number of carbonyl (C=O) groups excluding carboxylic acids is 1. The predicted octanol–water partition coefficient (Wildman–Crippen LogP) is 2.21. The van der Waals surface area contributed by atoms with Crippen LogP contribution in [0.3, 0.4) is 0 Å². The van der Waals surface area contributed by atoms with E-state index < -0.39 is 5.92 Å². The first kappa shape index (κ1) is 17.8. The lowest BCUT2D eigenvalue weighted by molar-refractivity contribution is -0.131. The average molecular weight is 353 g/mol. The topological polar surface area (TPSA) is 83.9 Å². The van der Waals surface area contributed by atoms with Crippen LogP contribution in [0.2, 0.25) is 0 Å². The SMILES string of the molecule is CCn1cc(CN(C)C(=O)C(C)c2n[nH]c(=O)c3ccccc23)c(C)n1. The molecule has 2 heterocycles. The fourth-order valence-electron chi connectivity index (χ4n) is 3.12. The van der Waals surface area contributed by atoms with E-state index in [1.165, 1.54) is 0 Å². The first-order valence-corrected chi connectivity index (χ1v) is 8.67. The van der Waals surface area contributed by atoms with Crippen molar-refractivity contribution in [2.45, 2.75) is 39.8 Å². The Morgan fingerprint density at radius 2 is 2.00 bits per heavy atom. The van der Waals surface area contributed by atoms with Gasteiger partial charge in [-0.3, -0.25) is 14.3 Å². The highest BCUT2D eigenvalue weighted by Crippen LogP contribution is 2.23. The van der Waals surface area contributed by atoms with Crippen LogP contribution in [0.5, 0.6) is 0 Å². The Kier molecular flexibility index (Phi) is 4.88. The van der Waals surface area contributed by atoms with Gasteiger partial charge in [0.25, 0.3) is 5.56 Å². The second-order valence-corrected chi connectivity index (χ2v) is 6.49. The summed E-state index contributed by atoms with van der Waals surface area (Å²) in [6, 6.07) is 7.21. The van der Waals surface area contributed by atoms with E-state index in [0.29, 0.717) is 23.0 Å². The van der Waals surface area contributed by atoms with Crippen molar-refractivity contribution in [1.29, 1.82) is 0 Å². The molecule has 0 spiro atoms. The van der Waals surface area contributed by atoms with Crippen molar-refractivity contribution in [2.75, 3.05) is 7.05 Å². The largest absolute Gasteiger partial charge is 0.341 e. The highest BCUT2D eigenvalue weighted by molar-refractivity contribution is 5.90. The summed E-state index contributed by atoms with van der Waals surface area (Å²) in [6.07, 6.45) is 1.97. The van der Waals surface area contributed by atoms with Crippen LogP contribution in [0.1, 0.15) is 36.7 Å². The van der Waals surface area contributed by atoms with E-state index in [2.05, 4.69) is 15.3 Å². The molecule has 0 fully saturated rings. The minimum absolute atomic E-state index is 0.0571. The Balaban J connectivity index is 1.86. The zero-order chi connectivity index (χ0) is 18.8. The zero-order valence-electron chi connectivity index (χ0n) is 15.5. The molecule has 1 N–H and O–H groups in total. The number of benzene rings is 1. The molecule has 1 atom stereocenters. The number of fused-ring (bicyclic) bond motifs is 1. The maximum Gasteiger partial charge on any atom is 0.272 e. The molecule has 0 bridgehead atoms. The molecule has 0 aliphatic rings. The predicted molar refractivity (Wildman–Crippen MR) is 99.9 cm³/mol. The van der Waals surface area contributed by atoms with Gasteiger partial charge in [-0.15, -0.1) is 0 Å². The van der Waals surface area contributed by atoms with Crippen molar-refractivity contribution >= 4 is 16.7 Å². The standard InChI is InChI=1S/C19H23N5O2/c1-5-24-11-14(13(3)22-24)10-23(4)19(26)12(2)17-15-8-6-7-9-16(15)18(25)21-20-17/h6-9,11-12H,5,10H2,1-4H3,(H,21,25). The molecule has 3 aromatic rings. The number of nitrogens with one attached hydrogen (secondary N) is 1. The first-order chi connectivity index (χ1) is 12.4. The molecule has 0 aliphatic carbocycles. The maximum absolute atomic E-state index is 12.9. The molecule has 26 heavy (non-hydrogen) atoms. The van der Waals surface area contributed by atoms with Gasteiger partial charge < -0.3 is 4.90 Å². The molecule has 0 saturated carbocycles. The smallest absolute Gasteiger partial charge is 0.272 e. The van der Waals surface area contributed by atoms with Crippen LogP contribution in [-0.4, -0.2) is 37.8 Å². The quantitative estimate of drug-likeness (QED) is 0.762. The summed E-state index contributed by atoms with van der Waals surface area (Å²) in [5.74, 6) is -0.526. The number of likely N-dealkylation sites (N-methyl/N-ethyl adjacent to an activating group) is 1. The number of amides is 1. The molecule has 0 saturated heterocycles. The maximum atomic E-state index is 12.9. The fourth-order valence-corrected chi connectivity index (χ4v) is 3.12. The number of aromatic nitrogens is 4. The highest BCUT2D eigenvalue weighted by Gasteiger charge is 2.24. The third kappa shape index (κ3) is 3.24. The summed E-state index contributed by atoms with van der Waals surface area (Å²) >= 11 is 0. The van der Waals surface area contributed by atoms with Crippen LogP contribution in [0, 0.1) is 6.92 Å². The lowest BCUT2D eigenvalue weighted by Crippen LogP contribution is -2.31. The number of hydrogen-bond donors (Lipinski definition) is 1. The second kappa shape index (κ2) is 7.11. The normalized spacial score (nSPS) is 12.3. The monoisotopic (exact) mass is 353 g/mol. The number of H-pyrrole nitrogens is 1. The Morgan fingerprint density at radius 3 is 2.65 bits per heavy atom. The van der Waals surface area contributed by atoms with Gasteiger partial charge in [0.2, 0.25) is 5.91 Å². The molecule has 1 amide bonds. The Bertz CT molecular complexity index is 1000. The number of aryl methyl sites for hydroxylation is 2. The molecular weight excluding hydrogens is 330 g/mol. The van der Waals surface area contributed by atoms with Gasteiger partial charge in [-0.05, 0) is 26.8 Å². The van der Waals surface area contributed by atoms with E-state index in [9.17, 15) is 9.59 Å². The zero-order valence-corrected chi connectivity index (χ0v) is 15.5. The van der Waals surface area contributed by atoms with Crippen molar-refractivity contribution in [3.8, 4) is 0 Å². The third-order valence-electron chi connectivity index (χ3n) is 4.66. The Morgan fingerprint density at radius 1 is 1.31 bits per heavy atom. The molecule has 7 nitrogen and oxygen atoms in total. The fraction of sp³-hybridized carbons (Fsp3) is 0.368. The van der Waals surface area contributed by atoms with E-state index in [0.717, 1.165) is 17.8 Å². The van der Waals surface area contributed by atoms with Crippen LogP contribution < -0.4 is 5.56 Å². The van der Waals surface area contributed by atoms with Crippen LogP contribution in [0.15, 0.2) is 35.3 Å². The van der Waals surface area contributed by atoms with Gasteiger partial charge in [0.1, 0.15) is 0 Å². The van der Waals surface area contributed by atoms with E-state index in [1.807, 2.05) is 43.8 Å². The van der Waals surface area contributed by atoms with Crippen LogP contribution in [-0.2, 0) is 17.9 Å². The van der Waals surface area contributed by atoms with Crippen LogP contribution >= 0.6 is 0 Å². The first-order valence-electron chi connectivity index (χ1n) is 8.67. The van der Waals surface area contributed by atoms with Gasteiger partial charge in [-0.25, -0.2) is 5.10 Å². The van der Waals surface area contributed by atoms with Crippen molar-refractivity contribution in [3.63, 3.8) is 0 Å². The summed E-state index contributed by atoms with van der Waals surface area (Å²) in [5.41, 5.74) is 2.28. The van der Waals surface area contributed by atoms with Crippen molar-refractivity contribution < 1.29 is 4.79 Å². The highest BCUT2D eigenvalue weighted by atomic mass is 16.2. The van der Waals surface area contributed by atoms with E-state index in [1.54, 1.807) is 24.1 Å². The molecule has 136 valence electrons. The molecule has 0 radical (unpaired) electrons. The van der Waals surface area contributed by atoms with E-state index >= 15 is 0 Å². The molecule has 3 rings (SSSR count). The molecule has 7 heteroatoms. The Labute approximate surface area is 151 Å². The minimum Gasteiger partial charge on any atom is -0.341 e. The van der Waals surface area contributed by atoms with E-state index in [-0.39, 0.29) is 11.5 Å². The Hall–Kier alpha value is -2.96. The average Bonchev–Trinajstić information content (AvgIpc) is 3.00. The van der Waals surface area contributed by atoms with Gasteiger partial charge in [0.15, 0.2) is 0 Å². The molecule has 1 aromatic carbocycles. The van der Waals surface area contributed by atoms with Gasteiger partial charge in [0, 0.05) is 37.3 Å². The van der Waals surface area contributed by atoms with Gasteiger partial charge in [-0.2, -0.15) is 10.2 Å². The number of rotatable bonds is 5. The second-order valence-electron chi connectivity index (χ2n) is 6.49. The number of carbonyl (C=O) groups is 1. The molecule has 0 aliphatic heterocycles. The number of aromatic amines is 1. The van der Waals surface area contributed by atoms with Crippen molar-refractivity contribution in [2.24, 2.45) is 0 Å². The van der Waals surface area contributed by atoms with Gasteiger partial charge >= 0.3 is 0 Å². The summed E-state index contributed by atoms with van der Waals surface area (Å²) in [5, 5.41) is 12.3. The summed E-state index contributed by atoms with van der Waals surface area (Å²) in [6.45, 7) is 7.06. The third-order valence-corrected chi connectivity index (χ3v) is 4.66. The molecule has 2 aromatic heterocycles. The lowest BCUT2D eigenvalue weighted by Gasteiger charge is -2.21. The number of hydrogen-bond acceptors (Lipinski definition) is 4. The summed E-state index contributed by atoms with van der Waals surface area (Å²) < 4.78 is 1.86. The van der Waals surface area contributed by atoms with Gasteiger partial charge in [-0.1, -0.05) is 18.2 Å². The lowest BCUT2D eigenvalue weighted by atomic mass is 10.00. The molecular formula is C19H23N5O2. The van der Waals surface area contributed by atoms with Crippen molar-refractivity contribution in [1.82, 2.24) is 24.9 Å². The number of nitrogens with zero attached hydrogens (tertiary/aromatic N) is 4. The van der Waals surface area contributed by atoms with Gasteiger partial charge in [0.05, 0.1) is 22.7 Å². The van der Waals surface area contributed by atoms with Crippen LogP contribution in [0.4, 0.5) is 0 Å².